The van der Waals surface area contributed by atoms with Gasteiger partial charge in [-0.2, -0.15) is 13.2 Å². The zero-order valence-electron chi connectivity index (χ0n) is 12.5. The van der Waals surface area contributed by atoms with Crippen LogP contribution in [0.2, 0.25) is 0 Å². The molecule has 130 valence electrons. The molecule has 1 aliphatic carbocycles. The number of carbonyl (C=O) groups excluding carboxylic acids is 1. The third kappa shape index (κ3) is 3.66. The van der Waals surface area contributed by atoms with Crippen molar-refractivity contribution < 1.29 is 31.5 Å². The van der Waals surface area contributed by atoms with Crippen molar-refractivity contribution in [1.29, 1.82) is 5.41 Å². The number of hydrogen-bond acceptors (Lipinski definition) is 5. The fourth-order valence-electron chi connectivity index (χ4n) is 2.17. The summed E-state index contributed by atoms with van der Waals surface area (Å²) in [7, 11) is -4.11. The number of hydrogen-bond donors (Lipinski definition) is 2. The Bertz CT molecular complexity index is 837. The van der Waals surface area contributed by atoms with Crippen LogP contribution in [0, 0.1) is 11.3 Å². The summed E-state index contributed by atoms with van der Waals surface area (Å²) in [4.78, 5) is 11.3. The second-order valence-corrected chi connectivity index (χ2v) is 7.51. The topological polar surface area (TPSA) is 95.3 Å². The van der Waals surface area contributed by atoms with Crippen molar-refractivity contribution in [3.63, 3.8) is 0 Å². The van der Waals surface area contributed by atoms with Gasteiger partial charge >= 0.3 is 6.18 Å². The Morgan fingerprint density at radius 2 is 1.92 bits per heavy atom. The lowest BCUT2D eigenvalue weighted by Gasteiger charge is -2.13. The van der Waals surface area contributed by atoms with E-state index >= 15 is 0 Å². The first kappa shape index (κ1) is 18.2. The number of sulfone groups is 1. The predicted octanol–water partition coefficient (Wildman–Crippen LogP) is 3.01. The molecule has 0 atom stereocenters. The van der Waals surface area contributed by atoms with Crippen molar-refractivity contribution in [2.24, 2.45) is 5.92 Å². The highest BCUT2D eigenvalue weighted by molar-refractivity contribution is 7.90. The zero-order chi connectivity index (χ0) is 18.3. The van der Waals surface area contributed by atoms with Gasteiger partial charge in [-0.25, -0.2) is 8.42 Å². The molecule has 1 aromatic carbocycles. The third-order valence-corrected chi connectivity index (χ3v) is 4.71. The summed E-state index contributed by atoms with van der Waals surface area (Å²) >= 11 is 0. The molecule has 0 radical (unpaired) electrons. The lowest BCUT2D eigenvalue weighted by atomic mass is 10.0. The minimum Gasteiger partial charge on any atom is -0.506 e. The fourth-order valence-corrected chi connectivity index (χ4v) is 3.07. The van der Waals surface area contributed by atoms with Crippen LogP contribution in [0.3, 0.4) is 0 Å². The molecule has 0 spiro atoms. The van der Waals surface area contributed by atoms with Crippen LogP contribution in [-0.2, 0) is 20.8 Å². The molecular formula is C15H14F3NO4S. The number of rotatable bonds is 5. The largest absolute Gasteiger partial charge is 0.506 e. The molecule has 0 amide bonds. The van der Waals surface area contributed by atoms with Crippen molar-refractivity contribution in [3.05, 3.63) is 34.9 Å². The number of allylic oxidation sites excluding steroid dienone is 1. The van der Waals surface area contributed by atoms with Gasteiger partial charge in [0.05, 0.1) is 16.0 Å². The summed E-state index contributed by atoms with van der Waals surface area (Å²) in [6, 6.07) is 1.81. The summed E-state index contributed by atoms with van der Waals surface area (Å²) in [6.07, 6.45) is -2.29. The van der Waals surface area contributed by atoms with Crippen LogP contribution in [0.25, 0.3) is 5.76 Å². The molecule has 0 aromatic heterocycles. The molecule has 0 saturated heterocycles. The minimum absolute atomic E-state index is 0.347. The number of ketones is 1. The molecule has 1 aromatic rings. The van der Waals surface area contributed by atoms with Crippen molar-refractivity contribution in [2.75, 3.05) is 6.26 Å². The number of alkyl halides is 3. The maximum atomic E-state index is 12.8. The number of aliphatic hydroxyl groups excluding tert-OH is 1. The summed E-state index contributed by atoms with van der Waals surface area (Å²) in [6.45, 7) is 0. The van der Waals surface area contributed by atoms with E-state index in [9.17, 15) is 31.5 Å². The highest BCUT2D eigenvalue weighted by atomic mass is 32.2. The highest BCUT2D eigenvalue weighted by Crippen LogP contribution is 2.36. The first-order valence-corrected chi connectivity index (χ1v) is 8.75. The van der Waals surface area contributed by atoms with E-state index in [4.69, 9.17) is 5.41 Å². The Kier molecular flexibility index (Phi) is 4.58. The van der Waals surface area contributed by atoms with E-state index < -0.39 is 49.2 Å². The standard InChI is InChI=1S/C15H14F3NO4S/c1-24(22,23)12-6-9(15(16,17)18)4-5-10(12)14(21)11(7-19)13(20)8-2-3-8/h4-8,19,21H,2-3H2,1H3/b14-11-,19-7?. The van der Waals surface area contributed by atoms with E-state index in [0.29, 0.717) is 37.4 Å². The second kappa shape index (κ2) is 6.04. The monoisotopic (exact) mass is 361 g/mol. The van der Waals surface area contributed by atoms with Gasteiger partial charge in [-0.15, -0.1) is 0 Å². The Morgan fingerprint density at radius 3 is 2.33 bits per heavy atom. The summed E-state index contributed by atoms with van der Waals surface area (Å²) in [5, 5.41) is 17.5. The smallest absolute Gasteiger partial charge is 0.416 e. The number of carbonyl (C=O) groups is 1. The van der Waals surface area contributed by atoms with Gasteiger partial charge in [-0.1, -0.05) is 0 Å². The van der Waals surface area contributed by atoms with Gasteiger partial charge in [0, 0.05) is 24.0 Å². The lowest BCUT2D eigenvalue weighted by molar-refractivity contribution is -0.137. The van der Waals surface area contributed by atoms with Crippen molar-refractivity contribution in [1.82, 2.24) is 0 Å². The summed E-state index contributed by atoms with van der Waals surface area (Å²) in [5.41, 5.74) is -2.04. The van der Waals surface area contributed by atoms with Crippen LogP contribution >= 0.6 is 0 Å². The number of nitrogens with one attached hydrogen (secondary N) is 1. The summed E-state index contributed by atoms with van der Waals surface area (Å²) < 4.78 is 62.0. The van der Waals surface area contributed by atoms with Gasteiger partial charge in [-0.3, -0.25) is 4.79 Å². The van der Waals surface area contributed by atoms with Crippen LogP contribution in [0.5, 0.6) is 0 Å². The fraction of sp³-hybridized carbons (Fsp3) is 0.333. The Morgan fingerprint density at radius 1 is 1.33 bits per heavy atom. The summed E-state index contributed by atoms with van der Waals surface area (Å²) in [5.74, 6) is -1.68. The Hall–Kier alpha value is -2.16. The SMILES string of the molecule is CS(=O)(=O)c1cc(C(F)(F)F)ccc1/C(O)=C(\C=N)C(=O)C1CC1. The van der Waals surface area contributed by atoms with Crippen LogP contribution in [0.15, 0.2) is 28.7 Å². The van der Waals surface area contributed by atoms with Crippen LogP contribution in [-0.4, -0.2) is 31.8 Å². The Balaban J connectivity index is 2.68. The molecule has 0 heterocycles. The highest BCUT2D eigenvalue weighted by Gasteiger charge is 2.35. The average molecular weight is 361 g/mol. The van der Waals surface area contributed by atoms with Crippen LogP contribution < -0.4 is 0 Å². The molecule has 5 nitrogen and oxygen atoms in total. The van der Waals surface area contributed by atoms with E-state index in [1.54, 1.807) is 0 Å². The quantitative estimate of drug-likeness (QED) is 0.479. The van der Waals surface area contributed by atoms with E-state index in [2.05, 4.69) is 0 Å². The third-order valence-electron chi connectivity index (χ3n) is 3.58. The van der Waals surface area contributed by atoms with Gasteiger partial charge < -0.3 is 10.5 Å². The maximum Gasteiger partial charge on any atom is 0.416 e. The van der Waals surface area contributed by atoms with Gasteiger partial charge in [0.25, 0.3) is 0 Å². The first-order valence-electron chi connectivity index (χ1n) is 6.86. The van der Waals surface area contributed by atoms with E-state index in [0.717, 1.165) is 6.07 Å². The number of benzene rings is 1. The Labute approximate surface area is 136 Å². The van der Waals surface area contributed by atoms with Crippen molar-refractivity contribution >= 4 is 27.6 Å². The van der Waals surface area contributed by atoms with E-state index in [-0.39, 0.29) is 5.92 Å². The van der Waals surface area contributed by atoms with E-state index in [1.807, 2.05) is 0 Å². The van der Waals surface area contributed by atoms with Gasteiger partial charge in [0.1, 0.15) is 5.76 Å². The molecule has 2 N–H and O–H groups in total. The van der Waals surface area contributed by atoms with Crippen molar-refractivity contribution in [3.8, 4) is 0 Å². The molecule has 1 aliphatic rings. The van der Waals surface area contributed by atoms with Crippen molar-refractivity contribution in [2.45, 2.75) is 23.9 Å². The number of Topliss-reactive ketones (excluding diaryl/α,β-unsaturated/α-hetero) is 1. The molecule has 1 saturated carbocycles. The first-order chi connectivity index (χ1) is 11.0. The van der Waals surface area contributed by atoms with Gasteiger partial charge in [0.2, 0.25) is 0 Å². The maximum absolute atomic E-state index is 12.8. The van der Waals surface area contributed by atoms with Crippen LogP contribution in [0.1, 0.15) is 24.0 Å². The predicted molar refractivity (Wildman–Crippen MR) is 80.6 cm³/mol. The zero-order valence-corrected chi connectivity index (χ0v) is 13.3. The normalized spacial score (nSPS) is 16.5. The molecule has 2 rings (SSSR count). The number of aliphatic hydroxyl groups is 1. The van der Waals surface area contributed by atoms with E-state index in [1.165, 1.54) is 0 Å². The molecule has 0 aliphatic heterocycles. The van der Waals surface area contributed by atoms with Gasteiger partial charge in [0.15, 0.2) is 15.6 Å². The molecular weight excluding hydrogens is 347 g/mol. The number of halogens is 3. The average Bonchev–Trinajstić information content (AvgIpc) is 3.29. The molecule has 0 bridgehead atoms. The molecule has 0 unspecified atom stereocenters. The van der Waals surface area contributed by atoms with Crippen LogP contribution in [0.4, 0.5) is 13.2 Å². The molecule has 1 fully saturated rings. The molecule has 9 heteroatoms. The second-order valence-electron chi connectivity index (χ2n) is 5.53. The molecule has 24 heavy (non-hydrogen) atoms. The lowest BCUT2D eigenvalue weighted by Crippen LogP contribution is -2.12. The van der Waals surface area contributed by atoms with Gasteiger partial charge in [-0.05, 0) is 31.0 Å². The minimum atomic E-state index is -4.76.